The second-order valence-electron chi connectivity index (χ2n) is 4.74. The minimum Gasteiger partial charge on any atom is -0.497 e. The summed E-state index contributed by atoms with van der Waals surface area (Å²) < 4.78 is 10.1. The van der Waals surface area contributed by atoms with Crippen LogP contribution in [-0.4, -0.2) is 30.1 Å². The molecule has 3 N–H and O–H groups in total. The predicted molar refractivity (Wildman–Crippen MR) is 85.2 cm³/mol. The maximum absolute atomic E-state index is 12.0. The summed E-state index contributed by atoms with van der Waals surface area (Å²) in [7, 11) is 1.56. The number of hydrogen-bond acceptors (Lipinski definition) is 6. The lowest BCUT2D eigenvalue weighted by Crippen LogP contribution is -2.30. The number of nitrogens with zero attached hydrogens (tertiary/aromatic N) is 1. The molecule has 2 aromatic rings. The van der Waals surface area contributed by atoms with Gasteiger partial charge in [-0.3, -0.25) is 4.79 Å². The standard InChI is InChI=1S/C16H17N3O4/c1-10(23-16(21)14-8-3-11(17)9-18-14)15(20)19-12-4-6-13(22-2)7-5-12/h3-10H,17H2,1-2H3,(H,19,20)/t10-/m1/s1. The second kappa shape index (κ2) is 7.26. The predicted octanol–water partition coefficient (Wildman–Crippen LogP) is 1.86. The van der Waals surface area contributed by atoms with Crippen LogP contribution in [0, 0.1) is 0 Å². The summed E-state index contributed by atoms with van der Waals surface area (Å²) in [6.45, 7) is 1.48. The van der Waals surface area contributed by atoms with Crippen molar-refractivity contribution in [2.45, 2.75) is 13.0 Å². The fourth-order valence-electron chi connectivity index (χ4n) is 1.72. The molecule has 0 bridgehead atoms. The molecule has 0 aliphatic heterocycles. The third-order valence-electron chi connectivity index (χ3n) is 3.01. The van der Waals surface area contributed by atoms with E-state index in [0.29, 0.717) is 17.1 Å². The van der Waals surface area contributed by atoms with Gasteiger partial charge in [-0.2, -0.15) is 0 Å². The highest BCUT2D eigenvalue weighted by Crippen LogP contribution is 2.15. The van der Waals surface area contributed by atoms with Gasteiger partial charge in [-0.15, -0.1) is 0 Å². The Bertz CT molecular complexity index is 683. The molecular formula is C16H17N3O4. The van der Waals surface area contributed by atoms with E-state index in [-0.39, 0.29) is 5.69 Å². The highest BCUT2D eigenvalue weighted by atomic mass is 16.5. The van der Waals surface area contributed by atoms with Crippen molar-refractivity contribution in [3.63, 3.8) is 0 Å². The number of esters is 1. The molecule has 0 spiro atoms. The van der Waals surface area contributed by atoms with Crippen molar-refractivity contribution in [2.75, 3.05) is 18.2 Å². The van der Waals surface area contributed by atoms with Crippen molar-refractivity contribution < 1.29 is 19.1 Å². The molecule has 1 aromatic carbocycles. The van der Waals surface area contributed by atoms with Crippen LogP contribution in [0.2, 0.25) is 0 Å². The first-order chi connectivity index (χ1) is 11.0. The molecule has 0 aliphatic carbocycles. The fraction of sp³-hybridized carbons (Fsp3) is 0.188. The van der Waals surface area contributed by atoms with Gasteiger partial charge >= 0.3 is 5.97 Å². The SMILES string of the molecule is COc1ccc(NC(=O)[C@@H](C)OC(=O)c2ccc(N)cn2)cc1. The number of hydrogen-bond donors (Lipinski definition) is 2. The zero-order chi connectivity index (χ0) is 16.8. The summed E-state index contributed by atoms with van der Waals surface area (Å²) in [5.74, 6) is -0.460. The first-order valence-corrected chi connectivity index (χ1v) is 6.87. The molecule has 7 nitrogen and oxygen atoms in total. The maximum atomic E-state index is 12.0. The molecule has 0 saturated carbocycles. The van der Waals surface area contributed by atoms with E-state index in [1.54, 1.807) is 31.4 Å². The minimum absolute atomic E-state index is 0.0864. The largest absolute Gasteiger partial charge is 0.497 e. The van der Waals surface area contributed by atoms with Crippen LogP contribution in [0.4, 0.5) is 11.4 Å². The van der Waals surface area contributed by atoms with Crippen molar-refractivity contribution in [3.8, 4) is 5.75 Å². The normalized spacial score (nSPS) is 11.4. The van der Waals surface area contributed by atoms with Crippen molar-refractivity contribution in [3.05, 3.63) is 48.3 Å². The Balaban J connectivity index is 1.93. The zero-order valence-electron chi connectivity index (χ0n) is 12.8. The Morgan fingerprint density at radius 2 is 1.87 bits per heavy atom. The van der Waals surface area contributed by atoms with Crippen LogP contribution in [0.15, 0.2) is 42.6 Å². The Labute approximate surface area is 133 Å². The van der Waals surface area contributed by atoms with E-state index in [9.17, 15) is 9.59 Å². The van der Waals surface area contributed by atoms with E-state index in [1.165, 1.54) is 25.3 Å². The van der Waals surface area contributed by atoms with Crippen LogP contribution in [0.1, 0.15) is 17.4 Å². The Morgan fingerprint density at radius 3 is 2.43 bits per heavy atom. The molecule has 0 radical (unpaired) electrons. The van der Waals surface area contributed by atoms with E-state index in [0.717, 1.165) is 0 Å². The molecule has 0 unspecified atom stereocenters. The summed E-state index contributed by atoms with van der Waals surface area (Å²) >= 11 is 0. The Kier molecular flexibility index (Phi) is 5.14. The number of aromatic nitrogens is 1. The lowest BCUT2D eigenvalue weighted by molar-refractivity contribution is -0.123. The lowest BCUT2D eigenvalue weighted by Gasteiger charge is -2.13. The van der Waals surface area contributed by atoms with Gasteiger partial charge < -0.3 is 20.5 Å². The number of ether oxygens (including phenoxy) is 2. The van der Waals surface area contributed by atoms with Crippen LogP contribution in [0.25, 0.3) is 0 Å². The van der Waals surface area contributed by atoms with Crippen molar-refractivity contribution in [1.82, 2.24) is 4.98 Å². The summed E-state index contributed by atoms with van der Waals surface area (Å²) in [6.07, 6.45) is 0.377. The van der Waals surface area contributed by atoms with E-state index < -0.39 is 18.0 Å². The van der Waals surface area contributed by atoms with Gasteiger partial charge in [0.2, 0.25) is 0 Å². The second-order valence-corrected chi connectivity index (χ2v) is 4.74. The third kappa shape index (κ3) is 4.44. The van der Waals surface area contributed by atoms with Gasteiger partial charge in [0.05, 0.1) is 19.0 Å². The van der Waals surface area contributed by atoms with E-state index in [2.05, 4.69) is 10.3 Å². The summed E-state index contributed by atoms with van der Waals surface area (Å²) in [5, 5.41) is 2.65. The van der Waals surface area contributed by atoms with Crippen LogP contribution in [0.5, 0.6) is 5.75 Å². The monoisotopic (exact) mass is 315 g/mol. The number of carbonyl (C=O) groups excluding carboxylic acids is 2. The average Bonchev–Trinajstić information content (AvgIpc) is 2.56. The van der Waals surface area contributed by atoms with Crippen LogP contribution in [0.3, 0.4) is 0 Å². The quantitative estimate of drug-likeness (QED) is 0.816. The van der Waals surface area contributed by atoms with Gasteiger partial charge in [-0.25, -0.2) is 9.78 Å². The minimum atomic E-state index is -0.969. The van der Waals surface area contributed by atoms with Gasteiger partial charge in [-0.05, 0) is 43.3 Å². The number of methoxy groups -OCH3 is 1. The number of anilines is 2. The third-order valence-corrected chi connectivity index (χ3v) is 3.01. The number of amides is 1. The Morgan fingerprint density at radius 1 is 1.17 bits per heavy atom. The smallest absolute Gasteiger partial charge is 0.357 e. The number of benzene rings is 1. The van der Waals surface area contributed by atoms with E-state index in [4.69, 9.17) is 15.2 Å². The van der Waals surface area contributed by atoms with Crippen molar-refractivity contribution in [2.24, 2.45) is 0 Å². The molecule has 2 rings (SSSR count). The highest BCUT2D eigenvalue weighted by molar-refractivity contribution is 5.96. The topological polar surface area (TPSA) is 104 Å². The van der Waals surface area contributed by atoms with Gasteiger partial charge in [-0.1, -0.05) is 0 Å². The maximum Gasteiger partial charge on any atom is 0.357 e. The Hall–Kier alpha value is -3.09. The van der Waals surface area contributed by atoms with E-state index in [1.807, 2.05) is 0 Å². The summed E-state index contributed by atoms with van der Waals surface area (Å²) in [4.78, 5) is 27.8. The van der Waals surface area contributed by atoms with Crippen molar-refractivity contribution in [1.29, 1.82) is 0 Å². The molecule has 23 heavy (non-hydrogen) atoms. The number of nitrogens with one attached hydrogen (secondary N) is 1. The fourth-order valence-corrected chi connectivity index (χ4v) is 1.72. The molecule has 7 heteroatoms. The van der Waals surface area contributed by atoms with Gasteiger partial charge in [0.1, 0.15) is 11.4 Å². The van der Waals surface area contributed by atoms with Gasteiger partial charge in [0.25, 0.3) is 5.91 Å². The highest BCUT2D eigenvalue weighted by Gasteiger charge is 2.19. The first kappa shape index (κ1) is 16.3. The summed E-state index contributed by atoms with van der Waals surface area (Å²) in [6, 6.07) is 9.77. The molecule has 1 amide bonds. The molecule has 120 valence electrons. The number of carbonyl (C=O) groups is 2. The van der Waals surface area contributed by atoms with Gasteiger partial charge in [0, 0.05) is 5.69 Å². The van der Waals surface area contributed by atoms with Crippen molar-refractivity contribution >= 4 is 23.3 Å². The van der Waals surface area contributed by atoms with Crippen LogP contribution in [-0.2, 0) is 9.53 Å². The van der Waals surface area contributed by atoms with Crippen LogP contribution >= 0.6 is 0 Å². The molecular weight excluding hydrogens is 298 g/mol. The molecule has 1 heterocycles. The van der Waals surface area contributed by atoms with Crippen LogP contribution < -0.4 is 15.8 Å². The number of nitrogens with two attached hydrogens (primary N) is 1. The average molecular weight is 315 g/mol. The molecule has 1 atom stereocenters. The number of pyridine rings is 1. The first-order valence-electron chi connectivity index (χ1n) is 6.87. The molecule has 1 aromatic heterocycles. The lowest BCUT2D eigenvalue weighted by atomic mass is 10.3. The number of rotatable bonds is 5. The molecule has 0 fully saturated rings. The van der Waals surface area contributed by atoms with Gasteiger partial charge in [0.15, 0.2) is 6.10 Å². The van der Waals surface area contributed by atoms with E-state index >= 15 is 0 Å². The zero-order valence-corrected chi connectivity index (χ0v) is 12.8. The molecule has 0 saturated heterocycles. The summed E-state index contributed by atoms with van der Waals surface area (Å²) in [5.41, 5.74) is 6.59. The molecule has 0 aliphatic rings. The number of nitrogen functional groups attached to an aromatic ring is 1.